The largest absolute Gasteiger partial charge is 0.360 e. The predicted octanol–water partition coefficient (Wildman–Crippen LogP) is 1.53. The first kappa shape index (κ1) is 12.8. The van der Waals surface area contributed by atoms with E-state index in [0.29, 0.717) is 19.1 Å². The summed E-state index contributed by atoms with van der Waals surface area (Å²) in [6.07, 6.45) is 2.53. The number of hydrogen-bond donors (Lipinski definition) is 2. The smallest absolute Gasteiger partial charge is 0.239 e. The third kappa shape index (κ3) is 3.19. The maximum Gasteiger partial charge on any atom is 0.239 e. The number of carbonyl (C=O) groups is 1. The second-order valence-electron chi connectivity index (χ2n) is 5.20. The van der Waals surface area contributed by atoms with Gasteiger partial charge in [-0.1, -0.05) is 11.6 Å². The Balaban J connectivity index is 1.79. The van der Waals surface area contributed by atoms with Crippen LogP contribution in [-0.4, -0.2) is 31.6 Å². The van der Waals surface area contributed by atoms with Gasteiger partial charge in [-0.25, -0.2) is 0 Å². The van der Waals surface area contributed by atoms with E-state index in [1.165, 1.54) is 18.4 Å². The van der Waals surface area contributed by atoms with Crippen LogP contribution in [-0.2, 0) is 11.3 Å². The van der Waals surface area contributed by atoms with Crippen molar-refractivity contribution < 1.29 is 4.79 Å². The van der Waals surface area contributed by atoms with E-state index < -0.39 is 0 Å². The van der Waals surface area contributed by atoms with Crippen molar-refractivity contribution in [1.29, 1.82) is 0 Å². The quantitative estimate of drug-likeness (QED) is 0.879. The van der Waals surface area contributed by atoms with Crippen molar-refractivity contribution in [1.82, 2.24) is 10.6 Å². The molecule has 1 amide bonds. The molecule has 3 rings (SSSR count). The molecule has 0 atom stereocenters. The molecule has 2 aliphatic rings. The minimum atomic E-state index is 0.0855. The minimum Gasteiger partial charge on any atom is -0.360 e. The number of nitrogens with one attached hydrogen (secondary N) is 2. The first-order chi connectivity index (χ1) is 9.22. The van der Waals surface area contributed by atoms with Crippen molar-refractivity contribution in [2.75, 3.05) is 24.5 Å². The predicted molar refractivity (Wildman–Crippen MR) is 76.5 cm³/mol. The lowest BCUT2D eigenvalue weighted by atomic mass is 10.1. The third-order valence-corrected chi connectivity index (χ3v) is 3.81. The summed E-state index contributed by atoms with van der Waals surface area (Å²) in [5.41, 5.74) is 2.29. The molecular formula is C14H18ClN3O. The van der Waals surface area contributed by atoms with Crippen LogP contribution in [0.2, 0.25) is 5.02 Å². The Morgan fingerprint density at radius 3 is 3.00 bits per heavy atom. The van der Waals surface area contributed by atoms with Gasteiger partial charge in [0.1, 0.15) is 0 Å². The zero-order chi connectivity index (χ0) is 13.2. The van der Waals surface area contributed by atoms with Gasteiger partial charge in [-0.05, 0) is 36.6 Å². The van der Waals surface area contributed by atoms with Gasteiger partial charge >= 0.3 is 0 Å². The van der Waals surface area contributed by atoms with Crippen LogP contribution in [0.15, 0.2) is 18.2 Å². The molecule has 0 spiro atoms. The maximum atomic E-state index is 11.5. The standard InChI is InChI=1S/C14H18ClN3O/c15-11-1-4-13(18-6-5-16-14(19)9-18)10(7-11)8-17-12-2-3-12/h1,4,7,12,17H,2-3,5-6,8-9H2,(H,16,19). The Morgan fingerprint density at radius 1 is 1.42 bits per heavy atom. The van der Waals surface area contributed by atoms with E-state index >= 15 is 0 Å². The Labute approximate surface area is 118 Å². The van der Waals surface area contributed by atoms with Gasteiger partial charge in [-0.15, -0.1) is 0 Å². The van der Waals surface area contributed by atoms with Crippen LogP contribution < -0.4 is 15.5 Å². The summed E-state index contributed by atoms with van der Waals surface area (Å²) in [5.74, 6) is 0.0855. The highest BCUT2D eigenvalue weighted by atomic mass is 35.5. The summed E-state index contributed by atoms with van der Waals surface area (Å²) in [6, 6.07) is 6.57. The van der Waals surface area contributed by atoms with Crippen molar-refractivity contribution in [3.8, 4) is 0 Å². The number of piperazine rings is 1. The van der Waals surface area contributed by atoms with Gasteiger partial charge in [0, 0.05) is 36.4 Å². The molecular weight excluding hydrogens is 262 g/mol. The fraction of sp³-hybridized carbons (Fsp3) is 0.500. The number of carbonyl (C=O) groups excluding carboxylic acids is 1. The summed E-state index contributed by atoms with van der Waals surface area (Å²) >= 11 is 6.09. The van der Waals surface area contributed by atoms with Gasteiger partial charge in [0.05, 0.1) is 6.54 Å². The fourth-order valence-electron chi connectivity index (χ4n) is 2.39. The van der Waals surface area contributed by atoms with E-state index in [-0.39, 0.29) is 5.91 Å². The van der Waals surface area contributed by atoms with Crippen LogP contribution in [0.25, 0.3) is 0 Å². The SMILES string of the molecule is O=C1CN(c2ccc(Cl)cc2CNC2CC2)CCN1. The van der Waals surface area contributed by atoms with Crippen LogP contribution in [0.5, 0.6) is 0 Å². The molecule has 4 nitrogen and oxygen atoms in total. The lowest BCUT2D eigenvalue weighted by Crippen LogP contribution is -2.48. The zero-order valence-electron chi connectivity index (χ0n) is 10.8. The molecule has 5 heteroatoms. The number of rotatable bonds is 4. The second-order valence-corrected chi connectivity index (χ2v) is 5.64. The number of benzene rings is 1. The molecule has 1 aromatic carbocycles. The summed E-state index contributed by atoms with van der Waals surface area (Å²) in [4.78, 5) is 13.6. The summed E-state index contributed by atoms with van der Waals surface area (Å²) in [5, 5.41) is 7.10. The highest BCUT2D eigenvalue weighted by Crippen LogP contribution is 2.26. The molecule has 0 aromatic heterocycles. The summed E-state index contributed by atoms with van der Waals surface area (Å²) in [7, 11) is 0. The molecule has 0 bridgehead atoms. The highest BCUT2D eigenvalue weighted by molar-refractivity contribution is 6.30. The van der Waals surface area contributed by atoms with E-state index in [0.717, 1.165) is 23.8 Å². The van der Waals surface area contributed by atoms with Gasteiger partial charge in [0.2, 0.25) is 5.91 Å². The van der Waals surface area contributed by atoms with Crippen molar-refractivity contribution in [3.05, 3.63) is 28.8 Å². The van der Waals surface area contributed by atoms with Gasteiger partial charge in [-0.3, -0.25) is 4.79 Å². The van der Waals surface area contributed by atoms with Crippen molar-refractivity contribution in [2.24, 2.45) is 0 Å². The van der Waals surface area contributed by atoms with E-state index in [1.807, 2.05) is 18.2 Å². The first-order valence-corrected chi connectivity index (χ1v) is 7.13. The minimum absolute atomic E-state index is 0.0855. The Kier molecular flexibility index (Phi) is 3.62. The van der Waals surface area contributed by atoms with Gasteiger partial charge in [0.15, 0.2) is 0 Å². The number of hydrogen-bond acceptors (Lipinski definition) is 3. The van der Waals surface area contributed by atoms with E-state index in [1.54, 1.807) is 0 Å². The van der Waals surface area contributed by atoms with Gasteiger partial charge in [0.25, 0.3) is 0 Å². The first-order valence-electron chi connectivity index (χ1n) is 6.76. The molecule has 0 radical (unpaired) electrons. The number of amides is 1. The highest BCUT2D eigenvalue weighted by Gasteiger charge is 2.22. The molecule has 2 fully saturated rings. The normalized spacial score (nSPS) is 19.4. The molecule has 0 unspecified atom stereocenters. The van der Waals surface area contributed by atoms with E-state index in [2.05, 4.69) is 15.5 Å². The van der Waals surface area contributed by atoms with Crippen molar-refractivity contribution in [3.63, 3.8) is 0 Å². The molecule has 102 valence electrons. The Hall–Kier alpha value is -1.26. The Morgan fingerprint density at radius 2 is 2.26 bits per heavy atom. The fourth-order valence-corrected chi connectivity index (χ4v) is 2.58. The van der Waals surface area contributed by atoms with Crippen LogP contribution in [0, 0.1) is 0 Å². The van der Waals surface area contributed by atoms with Crippen LogP contribution in [0.3, 0.4) is 0 Å². The zero-order valence-corrected chi connectivity index (χ0v) is 11.5. The topological polar surface area (TPSA) is 44.4 Å². The molecule has 1 aliphatic heterocycles. The third-order valence-electron chi connectivity index (χ3n) is 3.58. The number of anilines is 1. The van der Waals surface area contributed by atoms with Crippen LogP contribution in [0.4, 0.5) is 5.69 Å². The monoisotopic (exact) mass is 279 g/mol. The lowest BCUT2D eigenvalue weighted by molar-refractivity contribution is -0.120. The molecule has 1 heterocycles. The lowest BCUT2D eigenvalue weighted by Gasteiger charge is -2.30. The van der Waals surface area contributed by atoms with E-state index in [9.17, 15) is 4.79 Å². The van der Waals surface area contributed by atoms with Crippen LogP contribution in [0.1, 0.15) is 18.4 Å². The van der Waals surface area contributed by atoms with Crippen LogP contribution >= 0.6 is 11.6 Å². The molecule has 1 aliphatic carbocycles. The summed E-state index contributed by atoms with van der Waals surface area (Å²) in [6.45, 7) is 2.80. The van der Waals surface area contributed by atoms with Gasteiger partial charge in [-0.2, -0.15) is 0 Å². The molecule has 2 N–H and O–H groups in total. The van der Waals surface area contributed by atoms with Crippen molar-refractivity contribution in [2.45, 2.75) is 25.4 Å². The Bertz CT molecular complexity index is 488. The average Bonchev–Trinajstić information content (AvgIpc) is 3.20. The van der Waals surface area contributed by atoms with Crippen molar-refractivity contribution >= 4 is 23.2 Å². The second kappa shape index (κ2) is 5.39. The summed E-state index contributed by atoms with van der Waals surface area (Å²) < 4.78 is 0. The maximum absolute atomic E-state index is 11.5. The average molecular weight is 280 g/mol. The molecule has 19 heavy (non-hydrogen) atoms. The molecule has 1 saturated heterocycles. The molecule has 1 aromatic rings. The number of halogens is 1. The number of nitrogens with zero attached hydrogens (tertiary/aromatic N) is 1. The van der Waals surface area contributed by atoms with E-state index in [4.69, 9.17) is 11.6 Å². The van der Waals surface area contributed by atoms with Gasteiger partial charge < -0.3 is 15.5 Å². The molecule has 1 saturated carbocycles.